The van der Waals surface area contributed by atoms with Crippen LogP contribution in [0.3, 0.4) is 0 Å². The first-order valence-corrected chi connectivity index (χ1v) is 4.80. The third-order valence-electron chi connectivity index (χ3n) is 2.53. The third kappa shape index (κ3) is 1.74. The van der Waals surface area contributed by atoms with Crippen LogP contribution in [0.1, 0.15) is 6.23 Å². The zero-order valence-electron chi connectivity index (χ0n) is 8.30. The quantitative estimate of drug-likeness (QED) is 0.533. The summed E-state index contributed by atoms with van der Waals surface area (Å²) in [5, 5.41) is 28.1. The average molecular weight is 228 g/mol. The maximum absolute atomic E-state index is 11.4. The number of rotatable bonds is 2. The predicted molar refractivity (Wildman–Crippen MR) is 51.5 cm³/mol. The summed E-state index contributed by atoms with van der Waals surface area (Å²) in [6.45, 7) is -0.427. The number of hydrogen-bond donors (Lipinski definition) is 3. The van der Waals surface area contributed by atoms with Crippen molar-refractivity contribution in [3.05, 3.63) is 28.9 Å². The molecule has 1 aliphatic rings. The lowest BCUT2D eigenvalue weighted by Gasteiger charge is -2.16. The summed E-state index contributed by atoms with van der Waals surface area (Å²) in [4.78, 5) is 14.9. The van der Waals surface area contributed by atoms with Crippen LogP contribution >= 0.6 is 0 Å². The second-order valence-electron chi connectivity index (χ2n) is 3.54. The number of aromatic nitrogens is 2. The molecule has 0 radical (unpaired) electrons. The summed E-state index contributed by atoms with van der Waals surface area (Å²) in [6, 6.07) is 1.51. The monoisotopic (exact) mass is 228 g/mol. The molecule has 0 saturated carbocycles. The first-order chi connectivity index (χ1) is 7.65. The Balaban J connectivity index is 2.30. The van der Waals surface area contributed by atoms with Gasteiger partial charge in [0.05, 0.1) is 6.61 Å². The van der Waals surface area contributed by atoms with E-state index in [1.807, 2.05) is 0 Å². The van der Waals surface area contributed by atoms with Gasteiger partial charge >= 0.3 is 5.69 Å². The van der Waals surface area contributed by atoms with Crippen LogP contribution in [0.15, 0.2) is 23.3 Å². The van der Waals surface area contributed by atoms with Gasteiger partial charge in [0, 0.05) is 12.4 Å². The molecule has 16 heavy (non-hydrogen) atoms. The van der Waals surface area contributed by atoms with Crippen molar-refractivity contribution in [3.8, 4) is 0 Å². The molecule has 2 rings (SSSR count). The fourth-order valence-electron chi connectivity index (χ4n) is 1.67. The van der Waals surface area contributed by atoms with Crippen molar-refractivity contribution >= 4 is 0 Å². The molecule has 4 atom stereocenters. The van der Waals surface area contributed by atoms with E-state index >= 15 is 0 Å². The zero-order chi connectivity index (χ0) is 11.7. The maximum Gasteiger partial charge on any atom is 0.349 e. The van der Waals surface area contributed by atoms with Crippen LogP contribution in [0.4, 0.5) is 0 Å². The Kier molecular flexibility index (Phi) is 3.01. The molecule has 88 valence electrons. The summed E-state index contributed by atoms with van der Waals surface area (Å²) in [5.74, 6) is 0. The van der Waals surface area contributed by atoms with Gasteiger partial charge in [0.25, 0.3) is 0 Å². The summed E-state index contributed by atoms with van der Waals surface area (Å²) in [5.41, 5.74) is -0.586. The molecular weight excluding hydrogens is 216 g/mol. The highest BCUT2D eigenvalue weighted by Crippen LogP contribution is 2.27. The Bertz CT molecular complexity index is 420. The standard InChI is InChI=1S/C9H12N2O5/c12-4-5-6(13)7(14)8(16-5)11-3-1-2-10-9(11)15/h1-3,5-8,12-14H,4H2/t5?,6?,7-,8?/m1/s1. The van der Waals surface area contributed by atoms with Crippen molar-refractivity contribution in [2.75, 3.05) is 6.61 Å². The Hall–Kier alpha value is -1.28. The van der Waals surface area contributed by atoms with Gasteiger partial charge < -0.3 is 20.1 Å². The molecule has 0 aliphatic carbocycles. The molecule has 7 heteroatoms. The van der Waals surface area contributed by atoms with Gasteiger partial charge in [-0.1, -0.05) is 0 Å². The molecule has 3 unspecified atom stereocenters. The third-order valence-corrected chi connectivity index (χ3v) is 2.53. The van der Waals surface area contributed by atoms with E-state index in [0.717, 1.165) is 4.57 Å². The maximum atomic E-state index is 11.4. The fourth-order valence-corrected chi connectivity index (χ4v) is 1.67. The second kappa shape index (κ2) is 4.30. The van der Waals surface area contributed by atoms with Crippen molar-refractivity contribution in [1.29, 1.82) is 0 Å². The lowest BCUT2D eigenvalue weighted by Crippen LogP contribution is -2.35. The molecule has 0 bridgehead atoms. The summed E-state index contributed by atoms with van der Waals surface area (Å²) >= 11 is 0. The van der Waals surface area contributed by atoms with Crippen molar-refractivity contribution in [1.82, 2.24) is 9.55 Å². The van der Waals surface area contributed by atoms with Crippen LogP contribution in [0.5, 0.6) is 0 Å². The van der Waals surface area contributed by atoms with Crippen LogP contribution in [0.25, 0.3) is 0 Å². The topological polar surface area (TPSA) is 105 Å². The minimum atomic E-state index is -1.26. The second-order valence-corrected chi connectivity index (χ2v) is 3.54. The summed E-state index contributed by atoms with van der Waals surface area (Å²) < 4.78 is 6.25. The van der Waals surface area contributed by atoms with Gasteiger partial charge in [-0.25, -0.2) is 9.78 Å². The molecule has 7 nitrogen and oxygen atoms in total. The number of aliphatic hydroxyl groups excluding tert-OH is 3. The number of ether oxygens (including phenoxy) is 1. The number of aliphatic hydroxyl groups is 3. The van der Waals surface area contributed by atoms with Crippen LogP contribution in [-0.4, -0.2) is 49.8 Å². The molecule has 0 aromatic carbocycles. The minimum absolute atomic E-state index is 0.427. The molecule has 1 aliphatic heterocycles. The molecule has 1 saturated heterocycles. The molecule has 1 aromatic rings. The fraction of sp³-hybridized carbons (Fsp3) is 0.556. The lowest BCUT2D eigenvalue weighted by atomic mass is 10.1. The van der Waals surface area contributed by atoms with Crippen molar-refractivity contribution in [2.45, 2.75) is 24.5 Å². The van der Waals surface area contributed by atoms with E-state index in [-0.39, 0.29) is 0 Å². The van der Waals surface area contributed by atoms with Gasteiger partial charge in [0.2, 0.25) is 0 Å². The van der Waals surface area contributed by atoms with Gasteiger partial charge in [-0.15, -0.1) is 0 Å². The summed E-state index contributed by atoms with van der Waals surface area (Å²) in [6.07, 6.45) is -1.68. The Morgan fingerprint density at radius 2 is 2.19 bits per heavy atom. The smallest absolute Gasteiger partial charge is 0.349 e. The minimum Gasteiger partial charge on any atom is -0.394 e. The van der Waals surface area contributed by atoms with Gasteiger partial charge in [0.1, 0.15) is 18.3 Å². The van der Waals surface area contributed by atoms with Crippen molar-refractivity contribution < 1.29 is 20.1 Å². The average Bonchev–Trinajstić information content (AvgIpc) is 2.57. The van der Waals surface area contributed by atoms with E-state index in [1.165, 1.54) is 18.5 Å². The Morgan fingerprint density at radius 1 is 1.44 bits per heavy atom. The van der Waals surface area contributed by atoms with E-state index in [2.05, 4.69) is 4.98 Å². The molecular formula is C9H12N2O5. The predicted octanol–water partition coefficient (Wildman–Crippen LogP) is -2.15. The molecule has 2 heterocycles. The molecule has 1 aromatic heterocycles. The van der Waals surface area contributed by atoms with Crippen LogP contribution < -0.4 is 5.69 Å². The van der Waals surface area contributed by atoms with Gasteiger partial charge in [-0.05, 0) is 6.07 Å². The van der Waals surface area contributed by atoms with E-state index in [9.17, 15) is 15.0 Å². The molecule has 1 fully saturated rings. The van der Waals surface area contributed by atoms with E-state index < -0.39 is 36.8 Å². The van der Waals surface area contributed by atoms with E-state index in [4.69, 9.17) is 9.84 Å². The first kappa shape index (κ1) is 11.2. The van der Waals surface area contributed by atoms with Crippen molar-refractivity contribution in [3.63, 3.8) is 0 Å². The Morgan fingerprint density at radius 3 is 2.75 bits per heavy atom. The molecule has 0 amide bonds. The van der Waals surface area contributed by atoms with Crippen molar-refractivity contribution in [2.24, 2.45) is 0 Å². The molecule has 0 spiro atoms. The summed E-state index contributed by atoms with van der Waals surface area (Å²) in [7, 11) is 0. The van der Waals surface area contributed by atoms with Crippen LogP contribution in [0.2, 0.25) is 0 Å². The highest BCUT2D eigenvalue weighted by molar-refractivity contribution is 4.92. The molecule has 3 N–H and O–H groups in total. The van der Waals surface area contributed by atoms with Crippen LogP contribution in [0, 0.1) is 0 Å². The first-order valence-electron chi connectivity index (χ1n) is 4.80. The van der Waals surface area contributed by atoms with Gasteiger partial charge in [-0.2, -0.15) is 0 Å². The highest BCUT2D eigenvalue weighted by Gasteiger charge is 2.43. The highest BCUT2D eigenvalue weighted by atomic mass is 16.6. The SMILES string of the molecule is O=c1ncccn1C1OC(CO)C(O)[C@H]1O. The van der Waals surface area contributed by atoms with Gasteiger partial charge in [0.15, 0.2) is 6.23 Å². The van der Waals surface area contributed by atoms with Crippen LogP contribution in [-0.2, 0) is 4.74 Å². The number of nitrogens with zero attached hydrogens (tertiary/aromatic N) is 2. The lowest BCUT2D eigenvalue weighted by molar-refractivity contribution is -0.0549. The normalized spacial score (nSPS) is 34.2. The Labute approximate surface area is 90.6 Å². The van der Waals surface area contributed by atoms with E-state index in [0.29, 0.717) is 0 Å². The number of hydrogen-bond acceptors (Lipinski definition) is 6. The van der Waals surface area contributed by atoms with Gasteiger partial charge in [-0.3, -0.25) is 4.57 Å². The largest absolute Gasteiger partial charge is 0.394 e. The van der Waals surface area contributed by atoms with E-state index in [1.54, 1.807) is 0 Å². The zero-order valence-corrected chi connectivity index (χ0v) is 8.30.